The highest BCUT2D eigenvalue weighted by Gasteiger charge is 2.71. The van der Waals surface area contributed by atoms with Crippen LogP contribution in [0.5, 0.6) is 0 Å². The number of aliphatic carboxylic acids is 1. The average Bonchev–Trinajstić information content (AvgIpc) is 3.05. The number of aliphatic hydroxyl groups is 1. The van der Waals surface area contributed by atoms with Gasteiger partial charge in [-0.15, -0.1) is 0 Å². The molecule has 0 saturated heterocycles. The third-order valence-corrected chi connectivity index (χ3v) is 11.3. The second kappa shape index (κ2) is 9.66. The van der Waals surface area contributed by atoms with Crippen LogP contribution in [0, 0.1) is 39.9 Å². The number of carboxylic acids is 1. The van der Waals surface area contributed by atoms with Gasteiger partial charge in [-0.05, 0) is 98.4 Å². The van der Waals surface area contributed by atoms with Crippen LogP contribution in [0.3, 0.4) is 0 Å². The number of fused-ring (bicyclic) bond motifs is 5. The molecule has 0 heterocycles. The van der Waals surface area contributed by atoms with Gasteiger partial charge in [0.15, 0.2) is 0 Å². The first-order valence-corrected chi connectivity index (χ1v) is 14.1. The summed E-state index contributed by atoms with van der Waals surface area (Å²) >= 11 is 0. The zero-order chi connectivity index (χ0) is 27.5. The molecule has 37 heavy (non-hydrogen) atoms. The van der Waals surface area contributed by atoms with E-state index in [1.807, 2.05) is 19.9 Å². The normalized spacial score (nSPS) is 44.3. The Hall–Kier alpha value is -1.95. The highest BCUT2D eigenvalue weighted by Crippen LogP contribution is 2.73. The molecule has 6 heteroatoms. The van der Waals surface area contributed by atoms with Gasteiger partial charge in [-0.3, -0.25) is 9.59 Å². The van der Waals surface area contributed by atoms with Crippen molar-refractivity contribution in [3.8, 4) is 0 Å². The molecule has 4 aliphatic rings. The Morgan fingerprint density at radius 3 is 2.35 bits per heavy atom. The van der Waals surface area contributed by atoms with Gasteiger partial charge in [-0.1, -0.05) is 39.3 Å². The first-order chi connectivity index (χ1) is 17.2. The van der Waals surface area contributed by atoms with Gasteiger partial charge in [0.1, 0.15) is 11.9 Å². The van der Waals surface area contributed by atoms with Crippen molar-refractivity contribution in [2.45, 2.75) is 112 Å². The summed E-state index contributed by atoms with van der Waals surface area (Å²) in [7, 11) is 0. The minimum atomic E-state index is -0.982. The Balaban J connectivity index is 1.83. The number of aliphatic hydroxyl groups excluding tert-OH is 1. The third-order valence-electron chi connectivity index (χ3n) is 11.3. The number of Topliss-reactive ketones (excluding diaryl/α,β-unsaturated/α-hetero) is 1. The minimum absolute atomic E-state index is 0.147. The van der Waals surface area contributed by atoms with Crippen LogP contribution < -0.4 is 0 Å². The van der Waals surface area contributed by atoms with Crippen LogP contribution in [0.4, 0.5) is 0 Å². The van der Waals surface area contributed by atoms with E-state index in [1.54, 1.807) is 0 Å². The molecular formula is C31H46O6. The van der Waals surface area contributed by atoms with Crippen molar-refractivity contribution in [3.63, 3.8) is 0 Å². The molecule has 0 spiro atoms. The number of carbonyl (C=O) groups is 3. The van der Waals surface area contributed by atoms with Crippen LogP contribution in [0.1, 0.15) is 99.8 Å². The summed E-state index contributed by atoms with van der Waals surface area (Å²) in [4.78, 5) is 39.0. The standard InChI is InChI=1S/C31H46O6/c1-17(2)9-8-10-20(28(35)36)26-22-15-24(34)27-29(5)13-12-23(33)18(3)21(29)11-14-30(27,6)31(22,7)16-25(26)37-19(4)32/h9,18,21-23,25,27,33H,8,10-16H2,1-7H3,(H,35,36)/b26-20-/t18-,21-,22-,23+,25+,27-,29-,30-,31-/m0/s1. The van der Waals surface area contributed by atoms with E-state index in [0.717, 1.165) is 24.8 Å². The fourth-order valence-electron chi connectivity index (χ4n) is 9.47. The monoisotopic (exact) mass is 514 g/mol. The number of ether oxygens (including phenoxy) is 1. The topological polar surface area (TPSA) is 101 Å². The molecule has 4 rings (SSSR count). The minimum Gasteiger partial charge on any atom is -0.478 e. The summed E-state index contributed by atoms with van der Waals surface area (Å²) in [5.41, 5.74) is 1.19. The molecule has 0 aromatic rings. The van der Waals surface area contributed by atoms with E-state index >= 15 is 0 Å². The molecule has 0 aromatic heterocycles. The van der Waals surface area contributed by atoms with Gasteiger partial charge in [0, 0.05) is 24.8 Å². The van der Waals surface area contributed by atoms with Crippen molar-refractivity contribution in [1.29, 1.82) is 0 Å². The Morgan fingerprint density at radius 2 is 1.76 bits per heavy atom. The number of esters is 1. The van der Waals surface area contributed by atoms with E-state index in [-0.39, 0.29) is 51.8 Å². The van der Waals surface area contributed by atoms with E-state index in [9.17, 15) is 24.6 Å². The maximum Gasteiger partial charge on any atom is 0.331 e. The van der Waals surface area contributed by atoms with Gasteiger partial charge in [0.2, 0.25) is 0 Å². The molecule has 4 saturated carbocycles. The van der Waals surface area contributed by atoms with Crippen LogP contribution in [0.25, 0.3) is 0 Å². The van der Waals surface area contributed by atoms with Gasteiger partial charge in [-0.2, -0.15) is 0 Å². The number of rotatable bonds is 5. The fraction of sp³-hybridized carbons (Fsp3) is 0.774. The molecule has 9 atom stereocenters. The second-order valence-electron chi connectivity index (χ2n) is 13.5. The van der Waals surface area contributed by atoms with Crippen molar-refractivity contribution in [2.24, 2.45) is 39.9 Å². The Bertz CT molecular complexity index is 1040. The summed E-state index contributed by atoms with van der Waals surface area (Å²) < 4.78 is 5.84. The molecule has 0 bridgehead atoms. The van der Waals surface area contributed by atoms with E-state index in [4.69, 9.17) is 4.74 Å². The van der Waals surface area contributed by atoms with Crippen molar-refractivity contribution >= 4 is 17.7 Å². The number of carbonyl (C=O) groups excluding carboxylic acids is 2. The summed E-state index contributed by atoms with van der Waals surface area (Å²) in [5, 5.41) is 20.9. The molecule has 206 valence electrons. The molecule has 0 aromatic carbocycles. The van der Waals surface area contributed by atoms with Gasteiger partial charge in [0.05, 0.1) is 6.10 Å². The van der Waals surface area contributed by atoms with Gasteiger partial charge < -0.3 is 14.9 Å². The smallest absolute Gasteiger partial charge is 0.331 e. The number of hydrogen-bond acceptors (Lipinski definition) is 5. The maximum atomic E-state index is 14.2. The molecule has 4 fully saturated rings. The van der Waals surface area contributed by atoms with Crippen molar-refractivity contribution in [3.05, 3.63) is 22.8 Å². The predicted octanol–water partition coefficient (Wildman–Crippen LogP) is 5.87. The maximum absolute atomic E-state index is 14.2. The molecule has 0 aliphatic heterocycles. The Labute approximate surface area is 221 Å². The van der Waals surface area contributed by atoms with Crippen LogP contribution in [-0.2, 0) is 19.1 Å². The van der Waals surface area contributed by atoms with Gasteiger partial charge in [-0.25, -0.2) is 4.79 Å². The molecule has 6 nitrogen and oxygen atoms in total. The first-order valence-electron chi connectivity index (χ1n) is 14.1. The van der Waals surface area contributed by atoms with Crippen molar-refractivity contribution in [1.82, 2.24) is 0 Å². The third kappa shape index (κ3) is 4.31. The van der Waals surface area contributed by atoms with E-state index < -0.39 is 18.0 Å². The van der Waals surface area contributed by atoms with Crippen molar-refractivity contribution in [2.75, 3.05) is 0 Å². The SMILES string of the molecule is CC(=O)O[C@@H]1C[C@@]2(C)[C@@H](CC(=O)[C@H]3[C@@]4(C)CC[C@@H](O)[C@@H](C)[C@@H]4CC[C@@]32C)/C1=C(\CCC=C(C)C)C(=O)O. The van der Waals surface area contributed by atoms with Crippen LogP contribution in [0.15, 0.2) is 22.8 Å². The van der Waals surface area contributed by atoms with E-state index in [1.165, 1.54) is 6.92 Å². The number of ketones is 1. The van der Waals surface area contributed by atoms with E-state index in [0.29, 0.717) is 43.3 Å². The quantitative estimate of drug-likeness (QED) is 0.270. The Morgan fingerprint density at radius 1 is 1.08 bits per heavy atom. The summed E-state index contributed by atoms with van der Waals surface area (Å²) in [6, 6.07) is 0. The summed E-state index contributed by atoms with van der Waals surface area (Å²) in [6.07, 6.45) is 6.22. The molecule has 0 amide bonds. The lowest BCUT2D eigenvalue weighted by Crippen LogP contribution is -2.64. The summed E-state index contributed by atoms with van der Waals surface area (Å²) in [5.74, 6) is -1.14. The molecular weight excluding hydrogens is 468 g/mol. The Kier molecular flexibility index (Phi) is 7.33. The van der Waals surface area contributed by atoms with Gasteiger partial charge >= 0.3 is 11.9 Å². The molecule has 2 N–H and O–H groups in total. The molecule has 4 aliphatic carbocycles. The zero-order valence-electron chi connectivity index (χ0n) is 23.7. The first kappa shape index (κ1) is 28.1. The summed E-state index contributed by atoms with van der Waals surface area (Å²) in [6.45, 7) is 14.2. The lowest BCUT2D eigenvalue weighted by atomic mass is 9.37. The lowest BCUT2D eigenvalue weighted by Gasteiger charge is -2.66. The molecule has 0 unspecified atom stereocenters. The highest BCUT2D eigenvalue weighted by atomic mass is 16.5. The second-order valence-corrected chi connectivity index (χ2v) is 13.5. The van der Waals surface area contributed by atoms with Crippen LogP contribution in [0.2, 0.25) is 0 Å². The lowest BCUT2D eigenvalue weighted by molar-refractivity contribution is -0.198. The fourth-order valence-corrected chi connectivity index (χ4v) is 9.47. The van der Waals surface area contributed by atoms with Crippen LogP contribution in [-0.4, -0.2) is 40.1 Å². The molecule has 0 radical (unpaired) electrons. The zero-order valence-corrected chi connectivity index (χ0v) is 23.7. The van der Waals surface area contributed by atoms with Crippen molar-refractivity contribution < 1.29 is 29.3 Å². The largest absolute Gasteiger partial charge is 0.478 e. The van der Waals surface area contributed by atoms with Crippen LogP contribution >= 0.6 is 0 Å². The number of allylic oxidation sites excluding steroid dienone is 2. The number of hydrogen-bond donors (Lipinski definition) is 2. The predicted molar refractivity (Wildman–Crippen MR) is 142 cm³/mol. The van der Waals surface area contributed by atoms with E-state index in [2.05, 4.69) is 27.7 Å². The highest BCUT2D eigenvalue weighted by molar-refractivity contribution is 5.90. The van der Waals surface area contributed by atoms with Gasteiger partial charge in [0.25, 0.3) is 0 Å². The average molecular weight is 515 g/mol. The number of carboxylic acid groups (broad SMARTS) is 1.